The summed E-state index contributed by atoms with van der Waals surface area (Å²) < 4.78 is 12.9. The van der Waals surface area contributed by atoms with Gasteiger partial charge in [-0.25, -0.2) is 0 Å². The number of anilines is 3. The number of hydrogen-bond acceptors (Lipinski definition) is 3. The number of fused-ring (bicyclic) bond motifs is 8. The molecule has 9 aromatic carbocycles. The molecule has 0 amide bonds. The van der Waals surface area contributed by atoms with E-state index in [4.69, 9.17) is 8.83 Å². The van der Waals surface area contributed by atoms with E-state index in [1.807, 2.05) is 12.1 Å². The van der Waals surface area contributed by atoms with Crippen molar-refractivity contribution in [2.75, 3.05) is 4.90 Å². The van der Waals surface area contributed by atoms with Gasteiger partial charge in [-0.15, -0.1) is 0 Å². The van der Waals surface area contributed by atoms with Crippen molar-refractivity contribution >= 4 is 82.5 Å². The molecule has 3 heteroatoms. The summed E-state index contributed by atoms with van der Waals surface area (Å²) in [6.07, 6.45) is 0. The van der Waals surface area contributed by atoms with Crippen LogP contribution in [-0.4, -0.2) is 0 Å². The highest BCUT2D eigenvalue weighted by Crippen LogP contribution is 2.44. The van der Waals surface area contributed by atoms with E-state index in [2.05, 4.69) is 181 Å². The highest BCUT2D eigenvalue weighted by Gasteiger charge is 2.20. The molecule has 0 aliphatic rings. The van der Waals surface area contributed by atoms with Crippen molar-refractivity contribution in [3.8, 4) is 22.3 Å². The van der Waals surface area contributed by atoms with E-state index >= 15 is 0 Å². The van der Waals surface area contributed by atoms with Crippen LogP contribution < -0.4 is 4.90 Å². The minimum Gasteiger partial charge on any atom is -0.456 e. The molecule has 3 nitrogen and oxygen atoms in total. The van der Waals surface area contributed by atoms with Crippen molar-refractivity contribution in [3.63, 3.8) is 0 Å². The zero-order valence-electron chi connectivity index (χ0n) is 28.7. The molecule has 53 heavy (non-hydrogen) atoms. The van der Waals surface area contributed by atoms with Gasteiger partial charge in [0.05, 0.1) is 0 Å². The van der Waals surface area contributed by atoms with E-state index in [9.17, 15) is 0 Å². The largest absolute Gasteiger partial charge is 0.456 e. The third-order valence-electron chi connectivity index (χ3n) is 10.6. The summed E-state index contributed by atoms with van der Waals surface area (Å²) in [5.74, 6) is 0. The Morgan fingerprint density at radius 3 is 1.81 bits per heavy atom. The third kappa shape index (κ3) is 4.82. The van der Waals surface area contributed by atoms with Gasteiger partial charge in [0.2, 0.25) is 0 Å². The van der Waals surface area contributed by atoms with Gasteiger partial charge < -0.3 is 13.7 Å². The van der Waals surface area contributed by atoms with Gasteiger partial charge >= 0.3 is 0 Å². The molecule has 0 N–H and O–H groups in total. The van der Waals surface area contributed by atoms with E-state index in [1.54, 1.807) is 0 Å². The molecular weight excluding hydrogens is 647 g/mol. The van der Waals surface area contributed by atoms with Crippen molar-refractivity contribution in [2.24, 2.45) is 0 Å². The van der Waals surface area contributed by atoms with Gasteiger partial charge in [0.15, 0.2) is 0 Å². The Morgan fingerprint density at radius 2 is 0.906 bits per heavy atom. The van der Waals surface area contributed by atoms with Crippen LogP contribution >= 0.6 is 0 Å². The van der Waals surface area contributed by atoms with Crippen molar-refractivity contribution in [1.29, 1.82) is 0 Å². The summed E-state index contributed by atoms with van der Waals surface area (Å²) in [6.45, 7) is 0. The Kier molecular flexibility index (Phi) is 6.55. The number of rotatable bonds is 5. The lowest BCUT2D eigenvalue weighted by atomic mass is 9.94. The molecule has 248 valence electrons. The van der Waals surface area contributed by atoms with Crippen LogP contribution in [0.4, 0.5) is 17.1 Å². The molecule has 0 spiro atoms. The summed E-state index contributed by atoms with van der Waals surface area (Å²) in [5.41, 5.74) is 11.3. The maximum Gasteiger partial charge on any atom is 0.137 e. The third-order valence-corrected chi connectivity index (χ3v) is 10.6. The molecule has 2 heterocycles. The fraction of sp³-hybridized carbons (Fsp3) is 0. The van der Waals surface area contributed by atoms with Gasteiger partial charge in [-0.3, -0.25) is 0 Å². The molecule has 0 fully saturated rings. The molecule has 0 radical (unpaired) electrons. The first kappa shape index (κ1) is 29.6. The Hall–Kier alpha value is -7.10. The molecular formula is C50H31NO2. The number of hydrogen-bond donors (Lipinski definition) is 0. The zero-order valence-corrected chi connectivity index (χ0v) is 28.7. The van der Waals surface area contributed by atoms with Crippen LogP contribution in [0.3, 0.4) is 0 Å². The first-order chi connectivity index (χ1) is 26.2. The van der Waals surface area contributed by atoms with Crippen LogP contribution in [0.25, 0.3) is 87.7 Å². The minimum absolute atomic E-state index is 0.856. The van der Waals surface area contributed by atoms with Gasteiger partial charge in [-0.1, -0.05) is 121 Å². The van der Waals surface area contributed by atoms with Crippen LogP contribution in [0.5, 0.6) is 0 Å². The highest BCUT2D eigenvalue weighted by molar-refractivity contribution is 6.16. The Morgan fingerprint density at radius 1 is 0.302 bits per heavy atom. The lowest BCUT2D eigenvalue weighted by Gasteiger charge is -2.26. The van der Waals surface area contributed by atoms with Crippen LogP contribution in [0.15, 0.2) is 197 Å². The number of furan rings is 2. The Bertz CT molecular complexity index is 3180. The predicted octanol–water partition coefficient (Wildman–Crippen LogP) is 14.6. The number of nitrogens with zero attached hydrogens (tertiary/aromatic N) is 1. The molecule has 0 unspecified atom stereocenters. The molecule has 0 atom stereocenters. The van der Waals surface area contributed by atoms with Crippen molar-refractivity contribution in [1.82, 2.24) is 0 Å². The van der Waals surface area contributed by atoms with Gasteiger partial charge in [0, 0.05) is 44.7 Å². The smallest absolute Gasteiger partial charge is 0.137 e. The molecule has 0 saturated carbocycles. The predicted molar refractivity (Wildman–Crippen MR) is 222 cm³/mol. The van der Waals surface area contributed by atoms with E-state index in [-0.39, 0.29) is 0 Å². The standard InChI is InChI=1S/C50H31NO2/c1-2-11-35-29-36(20-19-32(35)9-1)33-21-23-37(24-22-33)51(39-25-27-43-42-14-5-6-17-46(42)53-49(43)31-39)38-26-28-47-45(30-38)50-44(16-8-18-48(50)52-47)41-15-7-12-34-10-3-4-13-40(34)41/h1-31H. The lowest BCUT2D eigenvalue weighted by Crippen LogP contribution is -2.09. The summed E-state index contributed by atoms with van der Waals surface area (Å²) in [5, 5.41) is 9.32. The van der Waals surface area contributed by atoms with Crippen LogP contribution in [-0.2, 0) is 0 Å². The second-order valence-electron chi connectivity index (χ2n) is 13.7. The maximum atomic E-state index is 6.53. The molecule has 11 rings (SSSR count). The molecule has 2 aromatic heterocycles. The molecule has 0 aliphatic carbocycles. The normalized spacial score (nSPS) is 11.8. The number of benzene rings is 9. The number of para-hydroxylation sites is 1. The molecule has 0 bridgehead atoms. The fourth-order valence-electron chi connectivity index (χ4n) is 8.11. The summed E-state index contributed by atoms with van der Waals surface area (Å²) in [7, 11) is 0. The zero-order chi connectivity index (χ0) is 34.9. The van der Waals surface area contributed by atoms with Gasteiger partial charge in [0.25, 0.3) is 0 Å². The van der Waals surface area contributed by atoms with Gasteiger partial charge in [-0.2, -0.15) is 0 Å². The summed E-state index contributed by atoms with van der Waals surface area (Å²) >= 11 is 0. The molecule has 11 aromatic rings. The second-order valence-corrected chi connectivity index (χ2v) is 13.7. The average Bonchev–Trinajstić information content (AvgIpc) is 3.79. The highest BCUT2D eigenvalue weighted by atomic mass is 16.3. The molecule has 0 saturated heterocycles. The Labute approximate surface area is 305 Å². The van der Waals surface area contributed by atoms with Gasteiger partial charge in [-0.05, 0) is 104 Å². The second kappa shape index (κ2) is 11.7. The molecule has 0 aliphatic heterocycles. The summed E-state index contributed by atoms with van der Waals surface area (Å²) in [4.78, 5) is 2.32. The van der Waals surface area contributed by atoms with Crippen molar-refractivity contribution < 1.29 is 8.83 Å². The van der Waals surface area contributed by atoms with Crippen molar-refractivity contribution in [3.05, 3.63) is 188 Å². The average molecular weight is 678 g/mol. The monoisotopic (exact) mass is 677 g/mol. The topological polar surface area (TPSA) is 29.5 Å². The van der Waals surface area contributed by atoms with Crippen LogP contribution in [0, 0.1) is 0 Å². The summed E-state index contributed by atoms with van der Waals surface area (Å²) in [6, 6.07) is 66.8. The van der Waals surface area contributed by atoms with Crippen molar-refractivity contribution in [2.45, 2.75) is 0 Å². The van der Waals surface area contributed by atoms with E-state index in [0.29, 0.717) is 0 Å². The first-order valence-electron chi connectivity index (χ1n) is 18.0. The van der Waals surface area contributed by atoms with Gasteiger partial charge in [0.1, 0.15) is 22.3 Å². The van der Waals surface area contributed by atoms with E-state index in [0.717, 1.165) is 66.5 Å². The quantitative estimate of drug-likeness (QED) is 0.182. The SMILES string of the molecule is c1ccc2cc(-c3ccc(N(c4ccc5c(c4)oc4ccccc45)c4ccc5oc6cccc(-c7cccc8ccccc78)c6c5c4)cc3)ccc2c1. The maximum absolute atomic E-state index is 6.53. The first-order valence-corrected chi connectivity index (χ1v) is 18.0. The fourth-order valence-corrected chi connectivity index (χ4v) is 8.11. The Balaban J connectivity index is 1.10. The van der Waals surface area contributed by atoms with E-state index in [1.165, 1.54) is 38.2 Å². The lowest BCUT2D eigenvalue weighted by molar-refractivity contribution is 0.668. The van der Waals surface area contributed by atoms with Crippen LogP contribution in [0.2, 0.25) is 0 Å². The minimum atomic E-state index is 0.856. The van der Waals surface area contributed by atoms with E-state index < -0.39 is 0 Å². The van der Waals surface area contributed by atoms with Crippen LogP contribution in [0.1, 0.15) is 0 Å².